The van der Waals surface area contributed by atoms with Gasteiger partial charge in [-0.3, -0.25) is 8.86 Å². The van der Waals surface area contributed by atoms with Crippen molar-refractivity contribution in [3.63, 3.8) is 0 Å². The second-order valence-corrected chi connectivity index (χ2v) is 7.47. The van der Waals surface area contributed by atoms with Crippen LogP contribution in [-0.4, -0.2) is 41.4 Å². The fourth-order valence-electron chi connectivity index (χ4n) is 2.69. The highest BCUT2D eigenvalue weighted by atomic mass is 32.2. The molecule has 26 heavy (non-hydrogen) atoms. The third-order valence-corrected chi connectivity index (χ3v) is 4.30. The summed E-state index contributed by atoms with van der Waals surface area (Å²) in [5.41, 5.74) is 3.26. The number of nitrogens with zero attached hydrogens (tertiary/aromatic N) is 3. The van der Waals surface area contributed by atoms with E-state index in [0.717, 1.165) is 17.3 Å². The molecule has 0 aliphatic carbocycles. The van der Waals surface area contributed by atoms with E-state index >= 15 is 0 Å². The average Bonchev–Trinajstić information content (AvgIpc) is 3.15. The first-order valence-electron chi connectivity index (χ1n) is 7.93. The van der Waals surface area contributed by atoms with E-state index in [0.29, 0.717) is 16.8 Å². The molecule has 3 heterocycles. The molecular weight excluding hydrogens is 358 g/mol. The summed E-state index contributed by atoms with van der Waals surface area (Å²) in [6.07, 6.45) is 6.25. The lowest BCUT2D eigenvalue weighted by Crippen LogP contribution is -2.05. The van der Waals surface area contributed by atoms with Crippen LogP contribution in [0.1, 0.15) is 22.8 Å². The van der Waals surface area contributed by atoms with Gasteiger partial charge < -0.3 is 9.14 Å². The van der Waals surface area contributed by atoms with Crippen molar-refractivity contribution in [1.82, 2.24) is 14.2 Å². The van der Waals surface area contributed by atoms with Crippen molar-refractivity contribution in [2.75, 3.05) is 12.9 Å². The van der Waals surface area contributed by atoms with Crippen LogP contribution in [-0.2, 0) is 32.7 Å². The van der Waals surface area contributed by atoms with Crippen LogP contribution in [0.3, 0.4) is 0 Å². The summed E-state index contributed by atoms with van der Waals surface area (Å²) in [7, 11) is -1.74. The number of hydrogen-bond acceptors (Lipinski definition) is 6. The van der Waals surface area contributed by atoms with E-state index in [9.17, 15) is 13.2 Å². The van der Waals surface area contributed by atoms with E-state index in [4.69, 9.17) is 8.92 Å². The Morgan fingerprint density at radius 1 is 1.31 bits per heavy atom. The van der Waals surface area contributed by atoms with Gasteiger partial charge in [0.05, 0.1) is 36.9 Å². The van der Waals surface area contributed by atoms with Crippen molar-refractivity contribution in [1.29, 1.82) is 0 Å². The van der Waals surface area contributed by atoms with Crippen LogP contribution in [0.2, 0.25) is 0 Å². The zero-order valence-corrected chi connectivity index (χ0v) is 15.5. The van der Waals surface area contributed by atoms with E-state index in [-0.39, 0.29) is 13.2 Å². The lowest BCUT2D eigenvalue weighted by molar-refractivity contribution is 0.0527. The maximum atomic E-state index is 12.4. The molecule has 0 N–H and O–H groups in total. The smallest absolute Gasteiger partial charge is 0.340 e. The highest BCUT2D eigenvalue weighted by molar-refractivity contribution is 7.85. The molecule has 0 saturated carbocycles. The van der Waals surface area contributed by atoms with Crippen molar-refractivity contribution in [2.24, 2.45) is 7.05 Å². The van der Waals surface area contributed by atoms with Gasteiger partial charge in [0.1, 0.15) is 0 Å². The highest BCUT2D eigenvalue weighted by Gasteiger charge is 2.20. The van der Waals surface area contributed by atoms with E-state index in [1.807, 2.05) is 10.6 Å². The average molecular weight is 377 g/mol. The molecule has 0 radical (unpaired) electrons. The predicted octanol–water partition coefficient (Wildman–Crippen LogP) is 1.99. The van der Waals surface area contributed by atoms with E-state index in [1.54, 1.807) is 49.2 Å². The predicted molar refractivity (Wildman–Crippen MR) is 95.2 cm³/mol. The maximum absolute atomic E-state index is 12.4. The number of fused-ring (bicyclic) bond motifs is 1. The van der Waals surface area contributed by atoms with Crippen molar-refractivity contribution >= 4 is 21.6 Å². The number of rotatable bonds is 6. The molecule has 3 rings (SSSR count). The molecule has 9 heteroatoms. The Bertz CT molecular complexity index is 1070. The first-order valence-corrected chi connectivity index (χ1v) is 9.74. The normalized spacial score (nSPS) is 11.8. The van der Waals surface area contributed by atoms with Gasteiger partial charge in [0.2, 0.25) is 0 Å². The molecule has 3 aromatic rings. The fourth-order valence-corrected chi connectivity index (χ4v) is 3.04. The molecule has 0 atom stereocenters. The topological polar surface area (TPSA) is 91.9 Å². The Labute approximate surface area is 151 Å². The molecule has 0 saturated heterocycles. The van der Waals surface area contributed by atoms with Crippen molar-refractivity contribution in [3.8, 4) is 11.3 Å². The van der Waals surface area contributed by atoms with Crippen LogP contribution in [0.4, 0.5) is 0 Å². The summed E-state index contributed by atoms with van der Waals surface area (Å²) in [6.45, 7) is 1.94. The summed E-state index contributed by atoms with van der Waals surface area (Å²) in [5, 5.41) is 4.16. The van der Waals surface area contributed by atoms with Gasteiger partial charge >= 0.3 is 5.97 Å². The minimum Gasteiger partial charge on any atom is -0.462 e. The standard InChI is InChI=1S/C17H19N3O5S/c1-4-24-17(21)15-8-14-7-12(11-25-26(3,22)23)5-6-20(14)16(15)13-9-18-19(2)10-13/h5-10H,4,11H2,1-3H3. The molecule has 0 spiro atoms. The molecular formula is C17H19N3O5S. The van der Waals surface area contributed by atoms with Crippen molar-refractivity contribution < 1.29 is 22.1 Å². The lowest BCUT2D eigenvalue weighted by Gasteiger charge is -2.06. The van der Waals surface area contributed by atoms with Gasteiger partial charge in [0.15, 0.2) is 0 Å². The SMILES string of the molecule is CCOC(=O)c1cc2cc(COS(C)(=O)=O)ccn2c1-c1cnn(C)c1. The van der Waals surface area contributed by atoms with E-state index < -0.39 is 16.1 Å². The molecule has 0 fully saturated rings. The minimum atomic E-state index is -3.53. The number of aromatic nitrogens is 3. The fraction of sp³-hybridized carbons (Fsp3) is 0.294. The summed E-state index contributed by atoms with van der Waals surface area (Å²) in [6, 6.07) is 5.23. The van der Waals surface area contributed by atoms with Crippen molar-refractivity contribution in [3.05, 3.63) is 47.9 Å². The van der Waals surface area contributed by atoms with Gasteiger partial charge in [-0.2, -0.15) is 13.5 Å². The molecule has 3 aromatic heterocycles. The van der Waals surface area contributed by atoms with Crippen LogP contribution in [0.25, 0.3) is 16.8 Å². The number of pyridine rings is 1. The Morgan fingerprint density at radius 2 is 2.08 bits per heavy atom. The van der Waals surface area contributed by atoms with Gasteiger partial charge in [-0.15, -0.1) is 0 Å². The number of ether oxygens (including phenoxy) is 1. The summed E-state index contributed by atoms with van der Waals surface area (Å²) >= 11 is 0. The van der Waals surface area contributed by atoms with Crippen LogP contribution < -0.4 is 0 Å². The number of aryl methyl sites for hydroxylation is 1. The van der Waals surface area contributed by atoms with Gasteiger partial charge in [-0.1, -0.05) is 0 Å². The third-order valence-electron chi connectivity index (χ3n) is 3.75. The Morgan fingerprint density at radius 3 is 2.69 bits per heavy atom. The molecule has 0 amide bonds. The monoisotopic (exact) mass is 377 g/mol. The molecule has 0 bridgehead atoms. The van der Waals surface area contributed by atoms with Crippen LogP contribution in [0.5, 0.6) is 0 Å². The summed E-state index contributed by atoms with van der Waals surface area (Å²) in [5.74, 6) is -0.427. The second-order valence-electron chi connectivity index (χ2n) is 5.83. The number of esters is 1. The minimum absolute atomic E-state index is 0.0719. The molecule has 0 aliphatic heterocycles. The number of carbonyl (C=O) groups excluding carboxylic acids is 1. The van der Waals surface area contributed by atoms with E-state index in [2.05, 4.69) is 5.10 Å². The van der Waals surface area contributed by atoms with Crippen LogP contribution >= 0.6 is 0 Å². The molecule has 0 aliphatic rings. The lowest BCUT2D eigenvalue weighted by atomic mass is 10.1. The van der Waals surface area contributed by atoms with Gasteiger partial charge in [0.25, 0.3) is 10.1 Å². The van der Waals surface area contributed by atoms with Crippen molar-refractivity contribution in [2.45, 2.75) is 13.5 Å². The van der Waals surface area contributed by atoms with Crippen LogP contribution in [0.15, 0.2) is 36.8 Å². The Kier molecular flexibility index (Phi) is 4.84. The first kappa shape index (κ1) is 18.2. The van der Waals surface area contributed by atoms with Gasteiger partial charge in [0, 0.05) is 30.5 Å². The second kappa shape index (κ2) is 6.93. The third kappa shape index (κ3) is 3.78. The molecule has 138 valence electrons. The van der Waals surface area contributed by atoms with Gasteiger partial charge in [-0.25, -0.2) is 4.79 Å². The molecule has 0 unspecified atom stereocenters. The molecule has 8 nitrogen and oxygen atoms in total. The highest BCUT2D eigenvalue weighted by Crippen LogP contribution is 2.28. The quantitative estimate of drug-likeness (QED) is 0.482. The number of carbonyl (C=O) groups is 1. The first-order chi connectivity index (χ1) is 12.3. The summed E-state index contributed by atoms with van der Waals surface area (Å²) < 4.78 is 35.8. The molecule has 0 aromatic carbocycles. The summed E-state index contributed by atoms with van der Waals surface area (Å²) in [4.78, 5) is 12.4. The zero-order chi connectivity index (χ0) is 18.9. The Balaban J connectivity index is 2.10. The zero-order valence-electron chi connectivity index (χ0n) is 14.7. The largest absolute Gasteiger partial charge is 0.462 e. The van der Waals surface area contributed by atoms with E-state index in [1.165, 1.54) is 0 Å². The maximum Gasteiger partial charge on any atom is 0.340 e. The van der Waals surface area contributed by atoms with Crippen LogP contribution in [0, 0.1) is 0 Å². The van der Waals surface area contributed by atoms with Gasteiger partial charge in [-0.05, 0) is 30.7 Å². The number of hydrogen-bond donors (Lipinski definition) is 0. The Hall–Kier alpha value is -2.65.